The molecule has 6 heteroatoms. The largest absolute Gasteiger partial charge is 0.465 e. The fraction of sp³-hybridized carbons (Fsp3) is 0.588. The number of fused-ring (bicyclic) bond motifs is 1. The highest BCUT2D eigenvalue weighted by Gasteiger charge is 2.26. The molecule has 1 aliphatic rings. The molecule has 1 atom stereocenters. The van der Waals surface area contributed by atoms with E-state index in [1.807, 2.05) is 10.5 Å². The third-order valence-corrected chi connectivity index (χ3v) is 4.65. The van der Waals surface area contributed by atoms with E-state index in [2.05, 4.69) is 28.9 Å². The normalized spacial score (nSPS) is 19.4. The monoisotopic (exact) mass is 316 g/mol. The number of piperidine rings is 1. The van der Waals surface area contributed by atoms with Crippen molar-refractivity contribution in [2.24, 2.45) is 0 Å². The number of hydrogen-bond donors (Lipinski definition) is 0. The summed E-state index contributed by atoms with van der Waals surface area (Å²) >= 11 is 0. The highest BCUT2D eigenvalue weighted by molar-refractivity contribution is 5.89. The first-order valence-electron chi connectivity index (χ1n) is 8.28. The van der Waals surface area contributed by atoms with Crippen molar-refractivity contribution in [2.75, 3.05) is 13.7 Å². The summed E-state index contributed by atoms with van der Waals surface area (Å²) in [4.78, 5) is 14.3. The minimum Gasteiger partial charge on any atom is -0.465 e. The highest BCUT2D eigenvalue weighted by Crippen LogP contribution is 2.22. The molecule has 0 saturated carbocycles. The van der Waals surface area contributed by atoms with Crippen LogP contribution in [0.4, 0.5) is 0 Å². The molecule has 0 spiro atoms. The number of rotatable bonds is 4. The van der Waals surface area contributed by atoms with Gasteiger partial charge in [0.1, 0.15) is 5.82 Å². The molecule has 2 aromatic heterocycles. The fourth-order valence-electron chi connectivity index (χ4n) is 3.45. The van der Waals surface area contributed by atoms with Gasteiger partial charge in [0.05, 0.1) is 12.7 Å². The number of carbonyl (C=O) groups excluding carboxylic acids is 1. The van der Waals surface area contributed by atoms with Gasteiger partial charge in [0, 0.05) is 24.7 Å². The lowest BCUT2D eigenvalue weighted by molar-refractivity contribution is 0.0600. The van der Waals surface area contributed by atoms with Crippen LogP contribution in [0.2, 0.25) is 0 Å². The molecule has 0 radical (unpaired) electrons. The summed E-state index contributed by atoms with van der Waals surface area (Å²) in [5.41, 5.74) is 1.28. The van der Waals surface area contributed by atoms with Crippen molar-refractivity contribution in [1.29, 1.82) is 0 Å². The molecule has 6 nitrogen and oxygen atoms in total. The summed E-state index contributed by atoms with van der Waals surface area (Å²) in [6.07, 6.45) is 6.34. The maximum atomic E-state index is 11.7. The van der Waals surface area contributed by atoms with Gasteiger partial charge in [-0.05, 0) is 45.4 Å². The minimum absolute atomic E-state index is 0.340. The van der Waals surface area contributed by atoms with Crippen molar-refractivity contribution in [3.63, 3.8) is 0 Å². The van der Waals surface area contributed by atoms with Gasteiger partial charge in [-0.1, -0.05) is 6.42 Å². The summed E-state index contributed by atoms with van der Waals surface area (Å²) in [5, 5.41) is 8.57. The zero-order valence-electron chi connectivity index (χ0n) is 14.0. The number of hydrogen-bond acceptors (Lipinski definition) is 5. The zero-order chi connectivity index (χ0) is 16.4. The molecule has 0 aliphatic carbocycles. The zero-order valence-corrected chi connectivity index (χ0v) is 14.0. The van der Waals surface area contributed by atoms with E-state index in [0.717, 1.165) is 24.4 Å². The predicted molar refractivity (Wildman–Crippen MR) is 87.5 cm³/mol. The quantitative estimate of drug-likeness (QED) is 0.810. The van der Waals surface area contributed by atoms with Gasteiger partial charge in [0.15, 0.2) is 5.65 Å². The second-order valence-corrected chi connectivity index (χ2v) is 6.44. The molecule has 1 saturated heterocycles. The number of esters is 1. The highest BCUT2D eigenvalue weighted by atomic mass is 16.5. The van der Waals surface area contributed by atoms with E-state index in [1.165, 1.54) is 26.4 Å². The molecule has 2 aromatic rings. The van der Waals surface area contributed by atoms with Crippen LogP contribution in [-0.4, -0.2) is 51.2 Å². The molecule has 1 fully saturated rings. The first-order chi connectivity index (χ1) is 11.1. The van der Waals surface area contributed by atoms with Crippen molar-refractivity contribution in [3.05, 3.63) is 29.7 Å². The number of pyridine rings is 1. The van der Waals surface area contributed by atoms with E-state index in [-0.39, 0.29) is 5.97 Å². The Morgan fingerprint density at radius 2 is 2.17 bits per heavy atom. The number of carbonyl (C=O) groups is 1. The van der Waals surface area contributed by atoms with Crippen LogP contribution in [0, 0.1) is 0 Å². The van der Waals surface area contributed by atoms with Crippen LogP contribution >= 0.6 is 0 Å². The summed E-state index contributed by atoms with van der Waals surface area (Å²) < 4.78 is 6.71. The second kappa shape index (κ2) is 6.66. The summed E-state index contributed by atoms with van der Waals surface area (Å²) in [6, 6.07) is 4.55. The Morgan fingerprint density at radius 3 is 2.91 bits per heavy atom. The van der Waals surface area contributed by atoms with E-state index >= 15 is 0 Å². The van der Waals surface area contributed by atoms with E-state index < -0.39 is 0 Å². The predicted octanol–water partition coefficient (Wildman–Crippen LogP) is 2.32. The first kappa shape index (κ1) is 15.9. The minimum atomic E-state index is -0.340. The van der Waals surface area contributed by atoms with Crippen molar-refractivity contribution in [2.45, 2.75) is 51.6 Å². The van der Waals surface area contributed by atoms with Gasteiger partial charge >= 0.3 is 5.97 Å². The average Bonchev–Trinajstić information content (AvgIpc) is 2.96. The van der Waals surface area contributed by atoms with Gasteiger partial charge in [0.25, 0.3) is 0 Å². The third-order valence-electron chi connectivity index (χ3n) is 4.65. The number of ether oxygens (including phenoxy) is 1. The number of nitrogens with zero attached hydrogens (tertiary/aromatic N) is 4. The summed E-state index contributed by atoms with van der Waals surface area (Å²) in [5.74, 6) is 0.566. The Kier molecular flexibility index (Phi) is 4.61. The second-order valence-electron chi connectivity index (χ2n) is 6.44. The van der Waals surface area contributed by atoms with Crippen molar-refractivity contribution < 1.29 is 9.53 Å². The maximum Gasteiger partial charge on any atom is 0.339 e. The maximum absolute atomic E-state index is 11.7. The Labute approximate surface area is 136 Å². The van der Waals surface area contributed by atoms with Gasteiger partial charge in [-0.25, -0.2) is 4.79 Å². The van der Waals surface area contributed by atoms with E-state index in [4.69, 9.17) is 4.74 Å². The number of methoxy groups -OCH3 is 1. The van der Waals surface area contributed by atoms with Crippen LogP contribution < -0.4 is 0 Å². The molecule has 1 aliphatic heterocycles. The van der Waals surface area contributed by atoms with E-state index in [9.17, 15) is 4.79 Å². The molecule has 1 unspecified atom stereocenters. The fourth-order valence-corrected chi connectivity index (χ4v) is 3.45. The molecule has 124 valence electrons. The Bertz CT molecular complexity index is 695. The molecule has 0 N–H and O–H groups in total. The third kappa shape index (κ3) is 3.22. The van der Waals surface area contributed by atoms with Crippen molar-refractivity contribution >= 4 is 11.6 Å². The van der Waals surface area contributed by atoms with Crippen molar-refractivity contribution in [3.8, 4) is 0 Å². The smallest absolute Gasteiger partial charge is 0.339 e. The Balaban J connectivity index is 1.88. The lowest BCUT2D eigenvalue weighted by atomic mass is 9.97. The molecule has 0 bridgehead atoms. The van der Waals surface area contributed by atoms with Crippen LogP contribution in [0.15, 0.2) is 18.3 Å². The molecule has 0 aromatic carbocycles. The topological polar surface area (TPSA) is 59.7 Å². The number of likely N-dealkylation sites (tertiary alicyclic amines) is 1. The van der Waals surface area contributed by atoms with Crippen LogP contribution in [-0.2, 0) is 11.2 Å². The molecular formula is C17H24N4O2. The Morgan fingerprint density at radius 1 is 1.35 bits per heavy atom. The molecule has 0 amide bonds. The van der Waals surface area contributed by atoms with E-state index in [1.54, 1.807) is 12.3 Å². The van der Waals surface area contributed by atoms with E-state index in [0.29, 0.717) is 17.6 Å². The van der Waals surface area contributed by atoms with Crippen LogP contribution in [0.5, 0.6) is 0 Å². The lowest BCUT2D eigenvalue weighted by Gasteiger charge is -2.38. The first-order valence-corrected chi connectivity index (χ1v) is 8.28. The van der Waals surface area contributed by atoms with Gasteiger partial charge in [-0.3, -0.25) is 9.30 Å². The molecular weight excluding hydrogens is 292 g/mol. The van der Waals surface area contributed by atoms with Crippen LogP contribution in [0.3, 0.4) is 0 Å². The van der Waals surface area contributed by atoms with Crippen LogP contribution in [0.1, 0.15) is 49.3 Å². The summed E-state index contributed by atoms with van der Waals surface area (Å²) in [7, 11) is 1.39. The average molecular weight is 316 g/mol. The molecule has 23 heavy (non-hydrogen) atoms. The molecule has 3 heterocycles. The van der Waals surface area contributed by atoms with Gasteiger partial charge in [0.2, 0.25) is 0 Å². The SMILES string of the molecule is COC(=O)c1ccc2nnc(CC3CCCCN3C(C)C)n2c1. The summed E-state index contributed by atoms with van der Waals surface area (Å²) in [6.45, 7) is 5.64. The lowest BCUT2D eigenvalue weighted by Crippen LogP contribution is -2.45. The van der Waals surface area contributed by atoms with Gasteiger partial charge in [-0.2, -0.15) is 0 Å². The standard InChI is InChI=1S/C17H24N4O2/c1-12(2)20-9-5-4-6-14(20)10-16-19-18-15-8-7-13(11-21(15)16)17(22)23-3/h7-8,11-12,14H,4-6,9-10H2,1-3H3. The van der Waals surface area contributed by atoms with Gasteiger partial charge < -0.3 is 4.74 Å². The van der Waals surface area contributed by atoms with Gasteiger partial charge in [-0.15, -0.1) is 10.2 Å². The molecule has 3 rings (SSSR count). The Hall–Kier alpha value is -1.95. The van der Waals surface area contributed by atoms with Crippen LogP contribution in [0.25, 0.3) is 5.65 Å². The van der Waals surface area contributed by atoms with Crippen molar-refractivity contribution in [1.82, 2.24) is 19.5 Å². The number of aromatic nitrogens is 3.